The minimum Gasteiger partial charge on any atom is -0.369 e. The van der Waals surface area contributed by atoms with Gasteiger partial charge < -0.3 is 16.8 Å². The molecule has 1 aliphatic rings. The lowest BCUT2D eigenvalue weighted by Crippen LogP contribution is -2.37. The maximum absolute atomic E-state index is 13.3. The second-order valence-corrected chi connectivity index (χ2v) is 9.67. The molecular formula is C30H35N3O2. The molecule has 3 aromatic carbocycles. The fraction of sp³-hybridized carbons (Fsp3) is 0.333. The summed E-state index contributed by atoms with van der Waals surface area (Å²) in [5.41, 5.74) is 16.4. The molecule has 5 nitrogen and oxygen atoms in total. The number of nitrogens with one attached hydrogen (secondary N) is 1. The number of carbonyl (C=O) groups excluding carboxylic acids is 2. The van der Waals surface area contributed by atoms with Crippen molar-refractivity contribution >= 4 is 11.8 Å². The Labute approximate surface area is 207 Å². The monoisotopic (exact) mass is 469 g/mol. The summed E-state index contributed by atoms with van der Waals surface area (Å²) >= 11 is 0. The number of benzene rings is 3. The highest BCUT2D eigenvalue weighted by atomic mass is 16.2. The molecule has 1 unspecified atom stereocenters. The van der Waals surface area contributed by atoms with E-state index in [2.05, 4.69) is 35.6 Å². The van der Waals surface area contributed by atoms with E-state index in [1.807, 2.05) is 48.5 Å². The van der Waals surface area contributed by atoms with Gasteiger partial charge in [0.05, 0.1) is 12.5 Å². The van der Waals surface area contributed by atoms with Gasteiger partial charge >= 0.3 is 0 Å². The van der Waals surface area contributed by atoms with Gasteiger partial charge in [0.15, 0.2) is 0 Å². The maximum Gasteiger partial charge on any atom is 0.223 e. The number of nitrogens with two attached hydrogens (primary N) is 2. The van der Waals surface area contributed by atoms with Crippen molar-refractivity contribution in [2.24, 2.45) is 23.3 Å². The molecule has 0 radical (unpaired) electrons. The highest BCUT2D eigenvalue weighted by Gasteiger charge is 2.27. The van der Waals surface area contributed by atoms with E-state index >= 15 is 0 Å². The number of hydrogen-bond acceptors (Lipinski definition) is 3. The number of primary amides is 1. The van der Waals surface area contributed by atoms with Crippen LogP contribution in [0.25, 0.3) is 11.1 Å². The normalized spacial score (nSPS) is 18.5. The molecule has 1 atom stereocenters. The summed E-state index contributed by atoms with van der Waals surface area (Å²) in [6.07, 6.45) is 4.78. The van der Waals surface area contributed by atoms with E-state index in [4.69, 9.17) is 11.5 Å². The largest absolute Gasteiger partial charge is 0.369 e. The van der Waals surface area contributed by atoms with Crippen LogP contribution in [0.15, 0.2) is 78.9 Å². The highest BCUT2D eigenvalue weighted by Crippen LogP contribution is 2.30. The van der Waals surface area contributed by atoms with Gasteiger partial charge in [0.1, 0.15) is 0 Å². The summed E-state index contributed by atoms with van der Waals surface area (Å²) in [5, 5.41) is 3.37. The second-order valence-electron chi connectivity index (χ2n) is 9.67. The van der Waals surface area contributed by atoms with Crippen LogP contribution < -0.4 is 16.8 Å². The SMILES string of the molecule is NCC1CCC(C(=O)NC(Cc2ccccc2)c2cccc(-c3cccc(CC(N)=O)c3)c2)CC1. The number of hydrogen-bond donors (Lipinski definition) is 3. The van der Waals surface area contributed by atoms with Gasteiger partial charge in [0.2, 0.25) is 11.8 Å². The van der Waals surface area contributed by atoms with E-state index in [1.165, 1.54) is 5.56 Å². The Kier molecular flexibility index (Phi) is 8.32. The third kappa shape index (κ3) is 6.80. The molecule has 182 valence electrons. The molecule has 5 heteroatoms. The zero-order valence-electron chi connectivity index (χ0n) is 20.2. The molecule has 3 aromatic rings. The Morgan fingerprint density at radius 2 is 1.49 bits per heavy atom. The fourth-order valence-electron chi connectivity index (χ4n) is 5.05. The van der Waals surface area contributed by atoms with Crippen LogP contribution in [0.5, 0.6) is 0 Å². The molecular weight excluding hydrogens is 434 g/mol. The van der Waals surface area contributed by atoms with Gasteiger partial charge in [-0.05, 0) is 78.5 Å². The Bertz CT molecular complexity index is 1140. The lowest BCUT2D eigenvalue weighted by Gasteiger charge is -2.29. The van der Waals surface area contributed by atoms with Crippen molar-refractivity contribution in [3.05, 3.63) is 95.6 Å². The van der Waals surface area contributed by atoms with Gasteiger partial charge in [-0.1, -0.05) is 72.8 Å². The smallest absolute Gasteiger partial charge is 0.223 e. The first-order chi connectivity index (χ1) is 17.0. The Morgan fingerprint density at radius 1 is 0.829 bits per heavy atom. The predicted molar refractivity (Wildman–Crippen MR) is 140 cm³/mol. The zero-order chi connectivity index (χ0) is 24.6. The lowest BCUT2D eigenvalue weighted by atomic mass is 9.81. The molecule has 1 fully saturated rings. The third-order valence-corrected chi connectivity index (χ3v) is 7.08. The Morgan fingerprint density at radius 3 is 2.17 bits per heavy atom. The van der Waals surface area contributed by atoms with Crippen LogP contribution in [0.4, 0.5) is 0 Å². The van der Waals surface area contributed by atoms with Gasteiger partial charge in [-0.2, -0.15) is 0 Å². The van der Waals surface area contributed by atoms with Crippen LogP contribution in [0.1, 0.15) is 48.4 Å². The maximum atomic E-state index is 13.3. The van der Waals surface area contributed by atoms with Gasteiger partial charge in [-0.3, -0.25) is 9.59 Å². The standard InChI is InChI=1S/C30H35N3O2/c31-20-22-12-14-24(15-13-22)30(35)33-28(17-21-6-2-1-3-7-21)27-11-5-10-26(19-27)25-9-4-8-23(16-25)18-29(32)34/h1-11,16,19,22,24,28H,12-15,17-18,20,31H2,(H2,32,34)(H,33,35). The molecule has 5 N–H and O–H groups in total. The molecule has 2 amide bonds. The molecule has 1 saturated carbocycles. The molecule has 35 heavy (non-hydrogen) atoms. The first-order valence-corrected chi connectivity index (χ1v) is 12.5. The van der Waals surface area contributed by atoms with Crippen molar-refractivity contribution in [2.75, 3.05) is 6.54 Å². The topological polar surface area (TPSA) is 98.2 Å². The van der Waals surface area contributed by atoms with Gasteiger partial charge in [-0.25, -0.2) is 0 Å². The van der Waals surface area contributed by atoms with Crippen LogP contribution in [-0.4, -0.2) is 18.4 Å². The second kappa shape index (κ2) is 11.8. The van der Waals surface area contributed by atoms with Gasteiger partial charge in [-0.15, -0.1) is 0 Å². The molecule has 0 saturated heterocycles. The van der Waals surface area contributed by atoms with Gasteiger partial charge in [0.25, 0.3) is 0 Å². The number of carbonyl (C=O) groups is 2. The predicted octanol–water partition coefficient (Wildman–Crippen LogP) is 4.55. The molecule has 0 spiro atoms. The van der Waals surface area contributed by atoms with Crippen LogP contribution in [0, 0.1) is 11.8 Å². The molecule has 1 aliphatic carbocycles. The summed E-state index contributed by atoms with van der Waals surface area (Å²) in [5.74, 6) is 0.378. The molecule has 0 bridgehead atoms. The van der Waals surface area contributed by atoms with Crippen molar-refractivity contribution in [3.8, 4) is 11.1 Å². The van der Waals surface area contributed by atoms with Crippen molar-refractivity contribution in [1.29, 1.82) is 0 Å². The molecule has 0 heterocycles. The highest BCUT2D eigenvalue weighted by molar-refractivity contribution is 5.79. The van der Waals surface area contributed by atoms with E-state index in [0.717, 1.165) is 54.4 Å². The summed E-state index contributed by atoms with van der Waals surface area (Å²) in [7, 11) is 0. The van der Waals surface area contributed by atoms with E-state index in [-0.39, 0.29) is 30.2 Å². The average molecular weight is 470 g/mol. The Balaban J connectivity index is 1.57. The minimum absolute atomic E-state index is 0.0461. The van der Waals surface area contributed by atoms with Crippen LogP contribution >= 0.6 is 0 Å². The fourth-order valence-corrected chi connectivity index (χ4v) is 5.05. The minimum atomic E-state index is -0.345. The van der Waals surface area contributed by atoms with Crippen LogP contribution in [-0.2, 0) is 22.4 Å². The van der Waals surface area contributed by atoms with E-state index in [1.54, 1.807) is 0 Å². The van der Waals surface area contributed by atoms with Crippen molar-refractivity contribution in [1.82, 2.24) is 5.32 Å². The van der Waals surface area contributed by atoms with Crippen molar-refractivity contribution in [2.45, 2.75) is 44.6 Å². The summed E-state index contributed by atoms with van der Waals surface area (Å²) in [6.45, 7) is 0.707. The van der Waals surface area contributed by atoms with Crippen molar-refractivity contribution < 1.29 is 9.59 Å². The van der Waals surface area contributed by atoms with E-state index in [9.17, 15) is 9.59 Å². The zero-order valence-corrected chi connectivity index (χ0v) is 20.2. The van der Waals surface area contributed by atoms with Gasteiger partial charge in [0, 0.05) is 5.92 Å². The molecule has 0 aromatic heterocycles. The third-order valence-electron chi connectivity index (χ3n) is 7.08. The average Bonchev–Trinajstić information content (AvgIpc) is 2.89. The summed E-state index contributed by atoms with van der Waals surface area (Å²) in [6, 6.07) is 26.3. The summed E-state index contributed by atoms with van der Waals surface area (Å²) in [4.78, 5) is 24.7. The summed E-state index contributed by atoms with van der Waals surface area (Å²) < 4.78 is 0. The van der Waals surface area contributed by atoms with E-state index in [0.29, 0.717) is 12.5 Å². The first-order valence-electron chi connectivity index (χ1n) is 12.5. The number of amides is 2. The number of rotatable bonds is 9. The first kappa shape index (κ1) is 24.7. The van der Waals surface area contributed by atoms with Crippen LogP contribution in [0.2, 0.25) is 0 Å². The molecule has 4 rings (SSSR count). The lowest BCUT2D eigenvalue weighted by molar-refractivity contribution is -0.127. The quantitative estimate of drug-likeness (QED) is 0.429. The molecule has 0 aliphatic heterocycles. The van der Waals surface area contributed by atoms with Crippen LogP contribution in [0.3, 0.4) is 0 Å². The van der Waals surface area contributed by atoms with Crippen molar-refractivity contribution in [3.63, 3.8) is 0 Å². The van der Waals surface area contributed by atoms with E-state index < -0.39 is 0 Å². The Hall–Kier alpha value is -3.44.